The third kappa shape index (κ3) is 2.71. The summed E-state index contributed by atoms with van der Waals surface area (Å²) in [6.07, 6.45) is 0.377. The Morgan fingerprint density at radius 3 is 2.12 bits per heavy atom. The van der Waals surface area contributed by atoms with E-state index in [1.807, 2.05) is 11.8 Å². The van der Waals surface area contributed by atoms with Gasteiger partial charge in [-0.2, -0.15) is 0 Å². The molecule has 1 aliphatic rings. The van der Waals surface area contributed by atoms with Gasteiger partial charge in [-0.25, -0.2) is 0 Å². The fourth-order valence-electron chi connectivity index (χ4n) is 1.88. The number of rotatable bonds is 4. The molecule has 0 bridgehead atoms. The molecule has 0 aliphatic carbocycles. The minimum absolute atomic E-state index is 0.377. The number of benzene rings is 2. The van der Waals surface area contributed by atoms with Crippen LogP contribution in [-0.4, -0.2) is 12.7 Å². The van der Waals surface area contributed by atoms with E-state index in [0.29, 0.717) is 11.4 Å². The second kappa shape index (κ2) is 4.94. The van der Waals surface area contributed by atoms with Gasteiger partial charge < -0.3 is 4.74 Å². The standard InChI is InChI=1S/C15H14OS/c1-3-7-12(8-4-1)15(14-11-16-14)17-13-9-5-2-6-10-13/h1-10,14-15H,11H2. The molecule has 17 heavy (non-hydrogen) atoms. The molecule has 1 saturated heterocycles. The molecule has 0 N–H and O–H groups in total. The van der Waals surface area contributed by atoms with Gasteiger partial charge >= 0.3 is 0 Å². The van der Waals surface area contributed by atoms with Gasteiger partial charge in [-0.05, 0) is 17.7 Å². The molecular weight excluding hydrogens is 228 g/mol. The van der Waals surface area contributed by atoms with Gasteiger partial charge in [0.2, 0.25) is 0 Å². The molecule has 2 unspecified atom stereocenters. The first-order chi connectivity index (χ1) is 8.43. The van der Waals surface area contributed by atoms with Crippen LogP contribution in [0.3, 0.4) is 0 Å². The van der Waals surface area contributed by atoms with Crippen molar-refractivity contribution in [2.45, 2.75) is 16.2 Å². The van der Waals surface area contributed by atoms with Crippen LogP contribution in [0, 0.1) is 0 Å². The third-order valence-electron chi connectivity index (χ3n) is 2.83. The Morgan fingerprint density at radius 1 is 0.941 bits per heavy atom. The Kier molecular flexibility index (Phi) is 3.16. The predicted octanol–water partition coefficient (Wildman–Crippen LogP) is 3.92. The smallest absolute Gasteiger partial charge is 0.0972 e. The van der Waals surface area contributed by atoms with E-state index in [0.717, 1.165) is 6.61 Å². The summed E-state index contributed by atoms with van der Waals surface area (Å²) in [5.41, 5.74) is 1.35. The molecular formula is C15H14OS. The van der Waals surface area contributed by atoms with Crippen LogP contribution in [0.5, 0.6) is 0 Å². The summed E-state index contributed by atoms with van der Waals surface area (Å²) in [6.45, 7) is 0.888. The molecule has 86 valence electrons. The van der Waals surface area contributed by atoms with E-state index in [2.05, 4.69) is 60.7 Å². The normalized spacial score (nSPS) is 19.9. The molecule has 1 heterocycles. The lowest BCUT2D eigenvalue weighted by Gasteiger charge is -2.14. The minimum atomic E-state index is 0.377. The van der Waals surface area contributed by atoms with Gasteiger partial charge in [0.15, 0.2) is 0 Å². The second-order valence-corrected chi connectivity index (χ2v) is 5.35. The van der Waals surface area contributed by atoms with Gasteiger partial charge in [0.1, 0.15) is 0 Å². The molecule has 1 nitrogen and oxygen atoms in total. The molecule has 2 heteroatoms. The summed E-state index contributed by atoms with van der Waals surface area (Å²) in [5.74, 6) is 0. The van der Waals surface area contributed by atoms with Crippen LogP contribution in [0.25, 0.3) is 0 Å². The van der Waals surface area contributed by atoms with Crippen LogP contribution in [0.15, 0.2) is 65.6 Å². The maximum absolute atomic E-state index is 5.48. The SMILES string of the molecule is c1ccc(SC(c2ccccc2)C2CO2)cc1. The van der Waals surface area contributed by atoms with E-state index in [9.17, 15) is 0 Å². The van der Waals surface area contributed by atoms with E-state index in [1.54, 1.807) is 0 Å². The van der Waals surface area contributed by atoms with Gasteiger partial charge in [0.05, 0.1) is 18.0 Å². The molecule has 2 atom stereocenters. The fraction of sp³-hybridized carbons (Fsp3) is 0.200. The van der Waals surface area contributed by atoms with Crippen LogP contribution in [0.2, 0.25) is 0 Å². The van der Waals surface area contributed by atoms with Crippen LogP contribution in [0.1, 0.15) is 10.8 Å². The number of ether oxygens (including phenoxy) is 1. The Morgan fingerprint density at radius 2 is 1.53 bits per heavy atom. The minimum Gasteiger partial charge on any atom is -0.372 e. The lowest BCUT2D eigenvalue weighted by atomic mass is 10.1. The van der Waals surface area contributed by atoms with E-state index < -0.39 is 0 Å². The summed E-state index contributed by atoms with van der Waals surface area (Å²) >= 11 is 1.89. The zero-order valence-electron chi connectivity index (χ0n) is 9.45. The van der Waals surface area contributed by atoms with E-state index >= 15 is 0 Å². The molecule has 0 aromatic heterocycles. The first-order valence-electron chi connectivity index (χ1n) is 5.82. The molecule has 0 amide bonds. The number of epoxide rings is 1. The van der Waals surface area contributed by atoms with Crippen molar-refractivity contribution in [1.29, 1.82) is 0 Å². The summed E-state index contributed by atoms with van der Waals surface area (Å²) in [7, 11) is 0. The van der Waals surface area contributed by atoms with Gasteiger partial charge in [0.25, 0.3) is 0 Å². The predicted molar refractivity (Wildman–Crippen MR) is 71.2 cm³/mol. The lowest BCUT2D eigenvalue weighted by Crippen LogP contribution is -2.01. The third-order valence-corrected chi connectivity index (χ3v) is 4.21. The Balaban J connectivity index is 1.82. The van der Waals surface area contributed by atoms with Crippen molar-refractivity contribution in [2.24, 2.45) is 0 Å². The van der Waals surface area contributed by atoms with Crippen LogP contribution >= 0.6 is 11.8 Å². The molecule has 1 aliphatic heterocycles. The van der Waals surface area contributed by atoms with E-state index in [-0.39, 0.29) is 0 Å². The summed E-state index contributed by atoms with van der Waals surface area (Å²) in [4.78, 5) is 1.30. The molecule has 3 rings (SSSR count). The van der Waals surface area contributed by atoms with Crippen molar-refractivity contribution in [3.8, 4) is 0 Å². The maximum atomic E-state index is 5.48. The average Bonchev–Trinajstić information content (AvgIpc) is 3.23. The first-order valence-corrected chi connectivity index (χ1v) is 6.70. The Hall–Kier alpha value is -1.25. The maximum Gasteiger partial charge on any atom is 0.0972 e. The number of thioether (sulfide) groups is 1. The highest BCUT2D eigenvalue weighted by Crippen LogP contribution is 2.42. The highest BCUT2D eigenvalue weighted by atomic mass is 32.2. The van der Waals surface area contributed by atoms with E-state index in [4.69, 9.17) is 4.74 Å². The Bertz CT molecular complexity index is 465. The molecule has 0 spiro atoms. The van der Waals surface area contributed by atoms with Gasteiger partial charge in [-0.1, -0.05) is 48.5 Å². The molecule has 2 aromatic rings. The monoisotopic (exact) mass is 242 g/mol. The van der Waals surface area contributed by atoms with Gasteiger partial charge in [-0.15, -0.1) is 11.8 Å². The largest absolute Gasteiger partial charge is 0.372 e. The summed E-state index contributed by atoms with van der Waals surface area (Å²) < 4.78 is 5.48. The van der Waals surface area contributed by atoms with E-state index in [1.165, 1.54) is 10.5 Å². The summed E-state index contributed by atoms with van der Waals surface area (Å²) in [5, 5.41) is 0.415. The van der Waals surface area contributed by atoms with Crippen LogP contribution in [-0.2, 0) is 4.74 Å². The highest BCUT2D eigenvalue weighted by molar-refractivity contribution is 7.99. The molecule has 2 aromatic carbocycles. The quantitative estimate of drug-likeness (QED) is 0.595. The zero-order chi connectivity index (χ0) is 11.5. The van der Waals surface area contributed by atoms with Crippen molar-refractivity contribution in [3.63, 3.8) is 0 Å². The second-order valence-electron chi connectivity index (χ2n) is 4.13. The average molecular weight is 242 g/mol. The Labute approximate surface area is 106 Å². The lowest BCUT2D eigenvalue weighted by molar-refractivity contribution is 0.404. The van der Waals surface area contributed by atoms with Crippen LogP contribution < -0.4 is 0 Å². The molecule has 0 radical (unpaired) electrons. The van der Waals surface area contributed by atoms with Crippen molar-refractivity contribution in [3.05, 3.63) is 66.2 Å². The molecule has 0 saturated carbocycles. The fourth-order valence-corrected chi connectivity index (χ4v) is 3.09. The van der Waals surface area contributed by atoms with Crippen molar-refractivity contribution < 1.29 is 4.74 Å². The number of hydrogen-bond donors (Lipinski definition) is 0. The van der Waals surface area contributed by atoms with Crippen molar-refractivity contribution >= 4 is 11.8 Å². The van der Waals surface area contributed by atoms with Crippen molar-refractivity contribution in [2.75, 3.05) is 6.61 Å². The highest BCUT2D eigenvalue weighted by Gasteiger charge is 2.34. The van der Waals surface area contributed by atoms with Gasteiger partial charge in [-0.3, -0.25) is 0 Å². The van der Waals surface area contributed by atoms with Crippen LogP contribution in [0.4, 0.5) is 0 Å². The number of hydrogen-bond acceptors (Lipinski definition) is 2. The van der Waals surface area contributed by atoms with Crippen molar-refractivity contribution in [1.82, 2.24) is 0 Å². The zero-order valence-corrected chi connectivity index (χ0v) is 10.3. The topological polar surface area (TPSA) is 12.5 Å². The summed E-state index contributed by atoms with van der Waals surface area (Å²) in [6, 6.07) is 21.1. The molecule has 1 fully saturated rings. The van der Waals surface area contributed by atoms with Gasteiger partial charge in [0, 0.05) is 4.90 Å². The first kappa shape index (κ1) is 10.9.